The van der Waals surface area contributed by atoms with E-state index in [1.165, 1.54) is 14.2 Å². The number of thioether (sulfide) groups is 1. The first-order valence-corrected chi connectivity index (χ1v) is 14.3. The van der Waals surface area contributed by atoms with E-state index >= 15 is 0 Å². The number of amides is 2. The number of aromatic hydroxyl groups is 1. The quantitative estimate of drug-likeness (QED) is 0.404. The number of rotatable bonds is 6. The molecule has 0 spiro atoms. The molecular weight excluding hydrogens is 532 g/mol. The first kappa shape index (κ1) is 25.3. The number of likely N-dealkylation sites (tertiary alicyclic amines) is 1. The fraction of sp³-hybridized carbons (Fsp3) is 0.538. The zero-order valence-electron chi connectivity index (χ0n) is 21.3. The Labute approximate surface area is 226 Å². The molecule has 12 heteroatoms. The second kappa shape index (κ2) is 9.04. The summed E-state index contributed by atoms with van der Waals surface area (Å²) in [5.74, 6) is -2.33. The van der Waals surface area contributed by atoms with Gasteiger partial charge in [-0.15, -0.1) is 11.8 Å². The van der Waals surface area contributed by atoms with Crippen LogP contribution in [0.2, 0.25) is 0 Å². The number of benzene rings is 1. The minimum Gasteiger partial charge on any atom is -0.502 e. The Morgan fingerprint density at radius 1 is 1.13 bits per heavy atom. The minimum absolute atomic E-state index is 0.00982. The molecule has 1 saturated heterocycles. The van der Waals surface area contributed by atoms with Gasteiger partial charge >= 0.3 is 10.8 Å². The molecule has 1 aromatic heterocycles. The zero-order valence-corrected chi connectivity index (χ0v) is 22.9. The van der Waals surface area contributed by atoms with Crippen LogP contribution in [0.5, 0.6) is 17.2 Å². The molecule has 2 aliphatic carbocycles. The van der Waals surface area contributed by atoms with Crippen molar-refractivity contribution in [2.24, 2.45) is 29.6 Å². The van der Waals surface area contributed by atoms with Gasteiger partial charge in [0.1, 0.15) is 6.04 Å². The molecular formula is C26H28N2O8S2. The third-order valence-electron chi connectivity index (χ3n) is 8.63. The van der Waals surface area contributed by atoms with Crippen molar-refractivity contribution in [3.05, 3.63) is 32.2 Å². The number of esters is 1. The summed E-state index contributed by atoms with van der Waals surface area (Å²) in [7, 11) is 2.92. The van der Waals surface area contributed by atoms with Crippen molar-refractivity contribution in [1.29, 1.82) is 0 Å². The van der Waals surface area contributed by atoms with E-state index in [1.54, 1.807) is 37.7 Å². The Balaban J connectivity index is 1.44. The number of H-pyrrole nitrogens is 1. The van der Waals surface area contributed by atoms with Crippen molar-refractivity contribution >= 4 is 40.9 Å². The number of hydrogen-bond donors (Lipinski definition) is 2. The second-order valence-electron chi connectivity index (χ2n) is 10.2. The van der Waals surface area contributed by atoms with Crippen molar-refractivity contribution in [3.8, 4) is 17.2 Å². The van der Waals surface area contributed by atoms with Gasteiger partial charge in [-0.1, -0.05) is 11.3 Å². The summed E-state index contributed by atoms with van der Waals surface area (Å²) >= 11 is 2.72. The van der Waals surface area contributed by atoms with Gasteiger partial charge in [0.25, 0.3) is 0 Å². The number of carbonyl (C=O) groups excluding carboxylic acids is 3. The molecule has 2 saturated carbocycles. The average Bonchev–Trinajstić information content (AvgIpc) is 3.62. The summed E-state index contributed by atoms with van der Waals surface area (Å²) in [5, 5.41) is 11.3. The molecule has 2 aliphatic heterocycles. The molecule has 3 fully saturated rings. The van der Waals surface area contributed by atoms with E-state index in [1.807, 2.05) is 0 Å². The van der Waals surface area contributed by atoms with Gasteiger partial charge in [-0.2, -0.15) is 0 Å². The summed E-state index contributed by atoms with van der Waals surface area (Å²) < 4.78 is 15.9. The number of fused-ring (bicyclic) bond motifs is 9. The van der Waals surface area contributed by atoms with Crippen molar-refractivity contribution in [1.82, 2.24) is 9.88 Å². The van der Waals surface area contributed by atoms with Gasteiger partial charge in [0.15, 0.2) is 11.5 Å². The molecule has 2 amide bonds. The zero-order chi connectivity index (χ0) is 27.0. The van der Waals surface area contributed by atoms with Crippen LogP contribution in [0, 0.1) is 29.6 Å². The monoisotopic (exact) mass is 560 g/mol. The third-order valence-corrected chi connectivity index (χ3v) is 11.2. The molecule has 1 aromatic carbocycles. The number of phenolic OH excluding ortho intramolecular Hbond substituents is 1. The highest BCUT2D eigenvalue weighted by molar-refractivity contribution is 8.00. The summed E-state index contributed by atoms with van der Waals surface area (Å²) in [6.07, 6.45) is 0.721. The number of ether oxygens (including phenoxy) is 3. The van der Waals surface area contributed by atoms with E-state index in [4.69, 9.17) is 14.2 Å². The van der Waals surface area contributed by atoms with Gasteiger partial charge in [0.05, 0.1) is 37.7 Å². The molecule has 6 rings (SSSR count). The second-order valence-corrected chi connectivity index (χ2v) is 12.4. The maximum absolute atomic E-state index is 13.7. The number of nitrogens with one attached hydrogen (secondary N) is 1. The van der Waals surface area contributed by atoms with Crippen molar-refractivity contribution in [2.45, 2.75) is 42.5 Å². The molecule has 10 nitrogen and oxygen atoms in total. The Kier molecular flexibility index (Phi) is 6.02. The Morgan fingerprint density at radius 3 is 2.37 bits per heavy atom. The number of methoxy groups -OCH3 is 2. The van der Waals surface area contributed by atoms with E-state index in [0.717, 1.165) is 38.1 Å². The number of nitrogens with zero attached hydrogens (tertiary/aromatic N) is 1. The lowest BCUT2D eigenvalue weighted by Gasteiger charge is -2.43. The molecule has 3 heterocycles. The van der Waals surface area contributed by atoms with Crippen molar-refractivity contribution < 1.29 is 33.7 Å². The lowest BCUT2D eigenvalue weighted by atomic mass is 9.68. The third kappa shape index (κ3) is 3.38. The van der Waals surface area contributed by atoms with Crippen LogP contribution in [0.3, 0.4) is 0 Å². The predicted molar refractivity (Wildman–Crippen MR) is 138 cm³/mol. The number of aromatic amines is 1. The molecule has 4 aliphatic rings. The van der Waals surface area contributed by atoms with Crippen LogP contribution < -0.4 is 14.3 Å². The number of hydrogen-bond acceptors (Lipinski definition) is 10. The van der Waals surface area contributed by atoms with Crippen LogP contribution >= 0.6 is 23.1 Å². The van der Waals surface area contributed by atoms with Gasteiger partial charge < -0.3 is 24.3 Å². The minimum atomic E-state index is -0.978. The summed E-state index contributed by atoms with van der Waals surface area (Å²) in [5.41, 5.74) is 0.806. The number of thiazole rings is 1. The molecule has 8 atom stereocenters. The van der Waals surface area contributed by atoms with Gasteiger partial charge in [0.2, 0.25) is 17.6 Å². The molecule has 2 N–H and O–H groups in total. The first-order valence-electron chi connectivity index (χ1n) is 12.6. The molecule has 38 heavy (non-hydrogen) atoms. The highest BCUT2D eigenvalue weighted by atomic mass is 32.2. The lowest BCUT2D eigenvalue weighted by Crippen LogP contribution is -2.45. The Morgan fingerprint density at radius 2 is 1.76 bits per heavy atom. The van der Waals surface area contributed by atoms with Gasteiger partial charge in [0, 0.05) is 16.0 Å². The van der Waals surface area contributed by atoms with E-state index in [2.05, 4.69) is 4.98 Å². The van der Waals surface area contributed by atoms with Crippen LogP contribution in [-0.4, -0.2) is 64.9 Å². The molecule has 202 valence electrons. The highest BCUT2D eigenvalue weighted by Gasteiger charge is 2.70. The summed E-state index contributed by atoms with van der Waals surface area (Å²) in [4.78, 5) is 57.0. The maximum atomic E-state index is 13.7. The van der Waals surface area contributed by atoms with E-state index in [9.17, 15) is 24.3 Å². The smallest absolute Gasteiger partial charge is 0.329 e. The molecule has 2 bridgehead atoms. The summed E-state index contributed by atoms with van der Waals surface area (Å²) in [6, 6.07) is 2.53. The normalized spacial score (nSPS) is 31.6. The lowest BCUT2D eigenvalue weighted by molar-refractivity contribution is -0.158. The SMILES string of the molecule is CCOC(=O)C(C)N1C(=O)C2C3CC(C2C1=O)C1C(c2cc(OC)c(O)c(OC)c2)c2sc(=O)[nH]c2SC31. The standard InChI is InChI=1S/C26H28N2O8S2/c1-5-36-25(32)9(2)28-23(30)17-11-8-12(18(17)24(28)31)20-16(11)15(21-22(37-20)27-26(33)38-21)10-6-13(34-3)19(29)14(7-10)35-4/h6-7,9,11-12,15-18,20,29H,5,8H2,1-4H3,(H,27,33). The number of phenols is 1. The maximum Gasteiger partial charge on any atom is 0.329 e. The van der Waals surface area contributed by atoms with Gasteiger partial charge in [-0.25, -0.2) is 4.79 Å². The first-order chi connectivity index (χ1) is 18.2. The van der Waals surface area contributed by atoms with Gasteiger partial charge in [-0.3, -0.25) is 19.3 Å². The fourth-order valence-corrected chi connectivity index (χ4v) is 10.1. The average molecular weight is 561 g/mol. The fourth-order valence-electron chi connectivity index (χ4n) is 7.26. The Bertz CT molecular complexity index is 1380. The van der Waals surface area contributed by atoms with Crippen LogP contribution in [0.15, 0.2) is 22.0 Å². The predicted octanol–water partition coefficient (Wildman–Crippen LogP) is 2.58. The summed E-state index contributed by atoms with van der Waals surface area (Å²) in [6.45, 7) is 3.39. The van der Waals surface area contributed by atoms with E-state index < -0.39 is 23.8 Å². The van der Waals surface area contributed by atoms with Crippen LogP contribution in [0.1, 0.15) is 36.6 Å². The molecule has 8 unspecified atom stereocenters. The van der Waals surface area contributed by atoms with E-state index in [-0.39, 0.29) is 69.5 Å². The van der Waals surface area contributed by atoms with Crippen LogP contribution in [0.25, 0.3) is 0 Å². The van der Waals surface area contributed by atoms with Gasteiger partial charge in [-0.05, 0) is 55.7 Å². The van der Waals surface area contributed by atoms with Crippen molar-refractivity contribution in [3.63, 3.8) is 0 Å². The molecule has 0 radical (unpaired) electrons. The van der Waals surface area contributed by atoms with Crippen LogP contribution in [0.4, 0.5) is 0 Å². The van der Waals surface area contributed by atoms with Crippen molar-refractivity contribution in [2.75, 3.05) is 20.8 Å². The largest absolute Gasteiger partial charge is 0.502 e. The Hall–Kier alpha value is -2.99. The molecule has 2 aromatic rings. The van der Waals surface area contributed by atoms with E-state index in [0.29, 0.717) is 0 Å². The highest BCUT2D eigenvalue weighted by Crippen LogP contribution is 2.69. The van der Waals surface area contributed by atoms with Crippen LogP contribution in [-0.2, 0) is 19.1 Å². The number of carbonyl (C=O) groups is 3. The number of imide groups is 1. The topological polar surface area (TPSA) is 135 Å². The number of aromatic nitrogens is 1.